The number of ether oxygens (including phenoxy) is 3. The molecule has 0 unspecified atom stereocenters. The van der Waals surface area contributed by atoms with Crippen LogP contribution >= 0.6 is 0 Å². The van der Waals surface area contributed by atoms with Gasteiger partial charge in [-0.05, 0) is 12.1 Å². The van der Waals surface area contributed by atoms with Gasteiger partial charge in [0.2, 0.25) is 5.88 Å². The van der Waals surface area contributed by atoms with E-state index in [0.717, 1.165) is 18.7 Å². The molecule has 0 radical (unpaired) electrons. The molecule has 194 valence electrons. The Hall–Kier alpha value is -3.29. The van der Waals surface area contributed by atoms with Crippen LogP contribution in [0.15, 0.2) is 35.4 Å². The minimum absolute atomic E-state index is 0.0814. The van der Waals surface area contributed by atoms with Crippen molar-refractivity contribution in [2.45, 2.75) is 12.7 Å². The van der Waals surface area contributed by atoms with Crippen LogP contribution in [0.25, 0.3) is 22.3 Å². The van der Waals surface area contributed by atoms with Crippen LogP contribution < -0.4 is 15.6 Å². The van der Waals surface area contributed by atoms with E-state index in [9.17, 15) is 18.0 Å². The van der Waals surface area contributed by atoms with Gasteiger partial charge >= 0.3 is 6.18 Å². The Kier molecular flexibility index (Phi) is 8.33. The van der Waals surface area contributed by atoms with Crippen molar-refractivity contribution < 1.29 is 27.4 Å². The molecule has 13 heteroatoms. The zero-order valence-corrected chi connectivity index (χ0v) is 19.8. The first-order chi connectivity index (χ1) is 17.3. The Balaban J connectivity index is 1.60. The fourth-order valence-electron chi connectivity index (χ4n) is 3.79. The molecule has 1 fully saturated rings. The Labute approximate surface area is 205 Å². The number of halogens is 3. The molecule has 0 aromatic carbocycles. The van der Waals surface area contributed by atoms with Gasteiger partial charge in [0.05, 0.1) is 32.4 Å². The third kappa shape index (κ3) is 6.68. The van der Waals surface area contributed by atoms with Crippen LogP contribution in [0.2, 0.25) is 0 Å². The van der Waals surface area contributed by atoms with Gasteiger partial charge in [-0.3, -0.25) is 14.3 Å². The first-order valence-electron chi connectivity index (χ1n) is 11.4. The largest absolute Gasteiger partial charge is 0.481 e. The minimum atomic E-state index is -4.45. The van der Waals surface area contributed by atoms with Gasteiger partial charge in [-0.1, -0.05) is 0 Å². The van der Waals surface area contributed by atoms with Crippen molar-refractivity contribution in [1.29, 1.82) is 0 Å². The lowest BCUT2D eigenvalue weighted by atomic mass is 10.1. The molecule has 0 saturated carbocycles. The third-order valence-corrected chi connectivity index (χ3v) is 5.63. The van der Waals surface area contributed by atoms with Gasteiger partial charge in [0, 0.05) is 62.3 Å². The summed E-state index contributed by atoms with van der Waals surface area (Å²) in [5, 5.41) is 3.05. The number of aromatic nitrogens is 4. The summed E-state index contributed by atoms with van der Waals surface area (Å²) in [5.74, 6) is 0.527. The van der Waals surface area contributed by atoms with Crippen LogP contribution in [-0.4, -0.2) is 90.3 Å². The van der Waals surface area contributed by atoms with E-state index in [-0.39, 0.29) is 24.6 Å². The number of nitrogens with one attached hydrogen (secondary N) is 1. The predicted molar refractivity (Wildman–Crippen MR) is 126 cm³/mol. The summed E-state index contributed by atoms with van der Waals surface area (Å²) in [5.41, 5.74) is 1.58. The quantitative estimate of drug-likeness (QED) is 0.413. The molecule has 0 amide bonds. The molecule has 0 aliphatic carbocycles. The molecule has 36 heavy (non-hydrogen) atoms. The number of rotatable bonds is 10. The molecule has 1 aliphatic rings. The molecule has 3 aromatic heterocycles. The number of anilines is 1. The third-order valence-electron chi connectivity index (χ3n) is 5.63. The van der Waals surface area contributed by atoms with E-state index in [0.29, 0.717) is 43.3 Å². The number of methoxy groups -OCH3 is 1. The van der Waals surface area contributed by atoms with Crippen LogP contribution in [0, 0.1) is 0 Å². The highest BCUT2D eigenvalue weighted by molar-refractivity contribution is 5.78. The summed E-state index contributed by atoms with van der Waals surface area (Å²) >= 11 is 0. The lowest BCUT2D eigenvalue weighted by molar-refractivity contribution is -0.174. The van der Waals surface area contributed by atoms with E-state index in [4.69, 9.17) is 14.2 Å². The molecular formula is C23H27F3N6O4. The summed E-state index contributed by atoms with van der Waals surface area (Å²) in [6.07, 6.45) is -1.25. The van der Waals surface area contributed by atoms with Crippen molar-refractivity contribution in [2.75, 3.05) is 65.0 Å². The highest BCUT2D eigenvalue weighted by Gasteiger charge is 2.27. The summed E-state index contributed by atoms with van der Waals surface area (Å²) < 4.78 is 54.1. The lowest BCUT2D eigenvalue weighted by Gasteiger charge is -2.26. The zero-order chi connectivity index (χ0) is 25.5. The van der Waals surface area contributed by atoms with Crippen molar-refractivity contribution in [3.63, 3.8) is 0 Å². The second-order valence-corrected chi connectivity index (χ2v) is 8.12. The molecule has 0 atom stereocenters. The van der Waals surface area contributed by atoms with Gasteiger partial charge in [-0.25, -0.2) is 15.0 Å². The van der Waals surface area contributed by atoms with Crippen molar-refractivity contribution >= 4 is 17.0 Å². The van der Waals surface area contributed by atoms with Gasteiger partial charge in [0.25, 0.3) is 5.56 Å². The number of hydrogen-bond acceptors (Lipinski definition) is 9. The summed E-state index contributed by atoms with van der Waals surface area (Å²) in [7, 11) is 1.51. The molecule has 10 nitrogen and oxygen atoms in total. The van der Waals surface area contributed by atoms with E-state index in [1.54, 1.807) is 30.6 Å². The van der Waals surface area contributed by atoms with Crippen molar-refractivity contribution in [2.24, 2.45) is 0 Å². The van der Waals surface area contributed by atoms with E-state index in [1.807, 2.05) is 0 Å². The number of morpholine rings is 1. The Morgan fingerprint density at radius 2 is 1.89 bits per heavy atom. The van der Waals surface area contributed by atoms with E-state index in [1.165, 1.54) is 11.7 Å². The van der Waals surface area contributed by atoms with Crippen molar-refractivity contribution in [3.05, 3.63) is 40.9 Å². The number of alkyl halides is 3. The lowest BCUT2D eigenvalue weighted by Crippen LogP contribution is -2.39. The Morgan fingerprint density at radius 3 is 2.58 bits per heavy atom. The van der Waals surface area contributed by atoms with Crippen LogP contribution in [-0.2, 0) is 16.0 Å². The molecule has 1 saturated heterocycles. The topological polar surface area (TPSA) is 104 Å². The maximum absolute atomic E-state index is 13.3. The Morgan fingerprint density at radius 1 is 1.11 bits per heavy atom. The second kappa shape index (κ2) is 11.6. The number of fused-ring (bicyclic) bond motifs is 1. The van der Waals surface area contributed by atoms with Gasteiger partial charge in [-0.2, -0.15) is 13.2 Å². The fourth-order valence-corrected chi connectivity index (χ4v) is 3.79. The maximum atomic E-state index is 13.3. The van der Waals surface area contributed by atoms with Crippen LogP contribution in [0.1, 0.15) is 0 Å². The monoisotopic (exact) mass is 508 g/mol. The smallest absolute Gasteiger partial charge is 0.411 e. The molecule has 4 heterocycles. The molecule has 0 spiro atoms. The highest BCUT2D eigenvalue weighted by Crippen LogP contribution is 2.23. The SMILES string of the molecule is COc1ccc(-c2cnc3nc(NCCN4CCOCC4)c(=O)n(CCOCC(F)(F)F)c3c2)cn1. The zero-order valence-electron chi connectivity index (χ0n) is 19.8. The summed E-state index contributed by atoms with van der Waals surface area (Å²) in [6.45, 7) is 2.29. The molecular weight excluding hydrogens is 481 g/mol. The molecule has 1 N–H and O–H groups in total. The van der Waals surface area contributed by atoms with Gasteiger partial charge in [-0.15, -0.1) is 0 Å². The first kappa shape index (κ1) is 25.8. The van der Waals surface area contributed by atoms with Gasteiger partial charge in [0.15, 0.2) is 11.5 Å². The van der Waals surface area contributed by atoms with Crippen molar-refractivity contribution in [1.82, 2.24) is 24.4 Å². The standard InChI is InChI=1S/C23H27F3N6O4/c1-34-19-3-2-16(13-28-19)17-12-18-20(29-14-17)30-21(27-4-5-31-6-9-35-10-7-31)22(33)32(18)8-11-36-15-23(24,25)26/h2-3,12-14H,4-11,15H2,1H3,(H,27,29,30). The predicted octanol–water partition coefficient (Wildman–Crippen LogP) is 2.19. The van der Waals surface area contributed by atoms with Crippen molar-refractivity contribution in [3.8, 4) is 17.0 Å². The van der Waals surface area contributed by atoms with E-state index in [2.05, 4.69) is 25.2 Å². The summed E-state index contributed by atoms with van der Waals surface area (Å²) in [6, 6.07) is 5.19. The Bertz CT molecular complexity index is 1210. The number of pyridine rings is 2. The molecule has 3 aromatic rings. The van der Waals surface area contributed by atoms with E-state index < -0.39 is 18.3 Å². The van der Waals surface area contributed by atoms with Gasteiger partial charge < -0.3 is 19.5 Å². The second-order valence-electron chi connectivity index (χ2n) is 8.12. The highest BCUT2D eigenvalue weighted by atomic mass is 19.4. The van der Waals surface area contributed by atoms with Crippen LogP contribution in [0.5, 0.6) is 5.88 Å². The number of nitrogens with zero attached hydrogens (tertiary/aromatic N) is 5. The summed E-state index contributed by atoms with van der Waals surface area (Å²) in [4.78, 5) is 28.4. The molecule has 1 aliphatic heterocycles. The normalized spacial score (nSPS) is 14.8. The van der Waals surface area contributed by atoms with Crippen LogP contribution in [0.4, 0.5) is 19.0 Å². The average molecular weight is 509 g/mol. The van der Waals surface area contributed by atoms with Crippen LogP contribution in [0.3, 0.4) is 0 Å². The van der Waals surface area contributed by atoms with E-state index >= 15 is 0 Å². The first-order valence-corrected chi connectivity index (χ1v) is 11.4. The minimum Gasteiger partial charge on any atom is -0.481 e. The number of hydrogen-bond donors (Lipinski definition) is 1. The maximum Gasteiger partial charge on any atom is 0.411 e. The van der Waals surface area contributed by atoms with Gasteiger partial charge in [0.1, 0.15) is 6.61 Å². The average Bonchev–Trinajstić information content (AvgIpc) is 2.88. The fraction of sp³-hybridized carbons (Fsp3) is 0.478. The molecule has 0 bridgehead atoms. The molecule has 4 rings (SSSR count).